The number of anilines is 2. The van der Waals surface area contributed by atoms with Crippen molar-refractivity contribution in [2.75, 3.05) is 29.9 Å². The first kappa shape index (κ1) is 20.7. The molecule has 1 aromatic heterocycles. The van der Waals surface area contributed by atoms with Crippen molar-refractivity contribution in [2.24, 2.45) is 5.92 Å². The average molecular weight is 445 g/mol. The molecule has 0 saturated carbocycles. The summed E-state index contributed by atoms with van der Waals surface area (Å²) in [6.07, 6.45) is 1.65. The maximum Gasteiger partial charge on any atom is 0.258 e. The zero-order valence-electron chi connectivity index (χ0n) is 16.6. The number of fused-ring (bicyclic) bond motifs is 1. The van der Waals surface area contributed by atoms with Crippen LogP contribution in [0.15, 0.2) is 42.5 Å². The van der Waals surface area contributed by atoms with E-state index in [1.54, 1.807) is 18.2 Å². The summed E-state index contributed by atoms with van der Waals surface area (Å²) < 4.78 is 5.77. The van der Waals surface area contributed by atoms with Crippen molar-refractivity contribution >= 4 is 51.6 Å². The number of amides is 1. The van der Waals surface area contributed by atoms with Gasteiger partial charge >= 0.3 is 0 Å². The lowest BCUT2D eigenvalue weighted by Crippen LogP contribution is -2.41. The third-order valence-electron chi connectivity index (χ3n) is 5.10. The molecule has 1 aliphatic heterocycles. The monoisotopic (exact) mass is 444 g/mol. The van der Waals surface area contributed by atoms with E-state index in [0.717, 1.165) is 30.4 Å². The molecule has 30 heavy (non-hydrogen) atoms. The van der Waals surface area contributed by atoms with Crippen molar-refractivity contribution in [1.82, 2.24) is 9.97 Å². The average Bonchev–Trinajstić information content (AvgIpc) is 2.77. The van der Waals surface area contributed by atoms with Crippen molar-refractivity contribution < 1.29 is 9.53 Å². The van der Waals surface area contributed by atoms with Crippen LogP contribution in [0.5, 0.6) is 5.88 Å². The van der Waals surface area contributed by atoms with E-state index < -0.39 is 0 Å². The van der Waals surface area contributed by atoms with Crippen LogP contribution < -0.4 is 15.0 Å². The van der Waals surface area contributed by atoms with E-state index in [1.165, 1.54) is 0 Å². The Labute approximate surface area is 185 Å². The first-order valence-corrected chi connectivity index (χ1v) is 10.7. The highest BCUT2D eigenvalue weighted by atomic mass is 35.5. The number of halogens is 2. The van der Waals surface area contributed by atoms with Crippen LogP contribution in [0.4, 0.5) is 11.5 Å². The molecule has 0 unspecified atom stereocenters. The molecule has 1 fully saturated rings. The normalized spacial score (nSPS) is 16.5. The molecule has 6 nitrogen and oxygen atoms in total. The third-order valence-corrected chi connectivity index (χ3v) is 5.92. The van der Waals surface area contributed by atoms with Gasteiger partial charge in [-0.05, 0) is 44.0 Å². The largest absolute Gasteiger partial charge is 0.475 e. The fourth-order valence-electron chi connectivity index (χ4n) is 3.63. The molecule has 2 aromatic carbocycles. The fraction of sp³-hybridized carbons (Fsp3) is 0.318. The summed E-state index contributed by atoms with van der Waals surface area (Å²) in [5.74, 6) is 0.871. The summed E-state index contributed by atoms with van der Waals surface area (Å²) in [6.45, 7) is 3.72. The predicted molar refractivity (Wildman–Crippen MR) is 121 cm³/mol. The van der Waals surface area contributed by atoms with Crippen molar-refractivity contribution in [1.29, 1.82) is 0 Å². The van der Waals surface area contributed by atoms with Gasteiger partial charge in [-0.2, -0.15) is 0 Å². The quantitative estimate of drug-likeness (QED) is 0.586. The number of benzene rings is 2. The lowest BCUT2D eigenvalue weighted by Gasteiger charge is -2.33. The van der Waals surface area contributed by atoms with Gasteiger partial charge in [-0.1, -0.05) is 41.4 Å². The molecule has 2 heterocycles. The van der Waals surface area contributed by atoms with E-state index >= 15 is 0 Å². The zero-order chi connectivity index (χ0) is 21.1. The highest BCUT2D eigenvalue weighted by molar-refractivity contribution is 6.44. The lowest BCUT2D eigenvalue weighted by molar-refractivity contribution is -0.120. The van der Waals surface area contributed by atoms with Crippen LogP contribution in [0.25, 0.3) is 11.0 Å². The first-order chi connectivity index (χ1) is 14.6. The number of aromatic nitrogens is 2. The second-order valence-corrected chi connectivity index (χ2v) is 7.94. The minimum atomic E-state index is -0.212. The number of carbonyl (C=O) groups is 1. The van der Waals surface area contributed by atoms with Gasteiger partial charge in [0, 0.05) is 13.1 Å². The zero-order valence-corrected chi connectivity index (χ0v) is 18.1. The Morgan fingerprint density at radius 1 is 1.17 bits per heavy atom. The second kappa shape index (κ2) is 9.06. The number of nitrogens with one attached hydrogen (secondary N) is 1. The van der Waals surface area contributed by atoms with E-state index in [9.17, 15) is 4.79 Å². The van der Waals surface area contributed by atoms with Crippen LogP contribution in [-0.4, -0.2) is 35.6 Å². The van der Waals surface area contributed by atoms with Gasteiger partial charge in [-0.25, -0.2) is 9.97 Å². The minimum absolute atomic E-state index is 0.0874. The third kappa shape index (κ3) is 4.30. The number of rotatable bonds is 5. The molecule has 1 N–H and O–H groups in total. The van der Waals surface area contributed by atoms with Crippen molar-refractivity contribution in [3.63, 3.8) is 0 Å². The maximum absolute atomic E-state index is 12.9. The topological polar surface area (TPSA) is 67.4 Å². The van der Waals surface area contributed by atoms with Gasteiger partial charge in [0.1, 0.15) is 0 Å². The highest BCUT2D eigenvalue weighted by Crippen LogP contribution is 2.33. The van der Waals surface area contributed by atoms with Crippen molar-refractivity contribution in [2.45, 2.75) is 19.8 Å². The number of carbonyl (C=O) groups excluding carboxylic acids is 1. The summed E-state index contributed by atoms with van der Waals surface area (Å²) in [6, 6.07) is 12.9. The van der Waals surface area contributed by atoms with Crippen molar-refractivity contribution in [3.8, 4) is 5.88 Å². The van der Waals surface area contributed by atoms with Gasteiger partial charge in [0.15, 0.2) is 5.82 Å². The smallest absolute Gasteiger partial charge is 0.258 e. The molecule has 1 atom stereocenters. The van der Waals surface area contributed by atoms with E-state index in [4.69, 9.17) is 32.9 Å². The second-order valence-electron chi connectivity index (χ2n) is 7.15. The number of piperidine rings is 1. The minimum Gasteiger partial charge on any atom is -0.475 e. The van der Waals surface area contributed by atoms with Gasteiger partial charge in [-0.3, -0.25) is 4.79 Å². The molecular weight excluding hydrogens is 423 g/mol. The van der Waals surface area contributed by atoms with Gasteiger partial charge in [0.2, 0.25) is 5.91 Å². The molecule has 1 aliphatic rings. The fourth-order valence-corrected chi connectivity index (χ4v) is 3.98. The summed E-state index contributed by atoms with van der Waals surface area (Å²) in [5, 5.41) is 3.67. The molecule has 8 heteroatoms. The Balaban J connectivity index is 1.57. The molecule has 156 valence electrons. The molecule has 4 rings (SSSR count). The first-order valence-electron chi connectivity index (χ1n) is 9.96. The molecule has 1 amide bonds. The Hall–Kier alpha value is -2.57. The van der Waals surface area contributed by atoms with Gasteiger partial charge in [-0.15, -0.1) is 0 Å². The number of ether oxygens (including phenoxy) is 1. The van der Waals surface area contributed by atoms with Crippen LogP contribution in [0.3, 0.4) is 0 Å². The predicted octanol–water partition coefficient (Wildman–Crippen LogP) is 5.19. The van der Waals surface area contributed by atoms with Crippen LogP contribution >= 0.6 is 23.2 Å². The molecular formula is C22H22Cl2N4O2. The Kier molecular flexibility index (Phi) is 6.25. The Bertz CT molecular complexity index is 1080. The number of nitrogens with zero attached hydrogens (tertiary/aromatic N) is 3. The molecule has 0 radical (unpaired) electrons. The Morgan fingerprint density at radius 3 is 2.70 bits per heavy atom. The molecule has 3 aromatic rings. The van der Waals surface area contributed by atoms with Gasteiger partial charge < -0.3 is 15.0 Å². The molecule has 1 saturated heterocycles. The summed E-state index contributed by atoms with van der Waals surface area (Å²) in [4.78, 5) is 24.4. The van der Waals surface area contributed by atoms with Gasteiger partial charge in [0.05, 0.1) is 39.3 Å². The standard InChI is InChI=1S/C22H22Cl2N4O2/c1-2-30-22-20(25-16-9-3-4-10-17(16)27-22)28-12-6-7-14(13-28)21(29)26-18-11-5-8-15(23)19(18)24/h3-5,8-11,14H,2,6-7,12-13H2,1H3,(H,26,29)/t14-/m0/s1. The van der Waals surface area contributed by atoms with E-state index in [1.807, 2.05) is 31.2 Å². The van der Waals surface area contributed by atoms with Crippen LogP contribution in [-0.2, 0) is 4.79 Å². The van der Waals surface area contributed by atoms with E-state index in [2.05, 4.69) is 15.2 Å². The summed E-state index contributed by atoms with van der Waals surface area (Å²) in [5.41, 5.74) is 2.10. The Morgan fingerprint density at radius 2 is 1.93 bits per heavy atom. The van der Waals surface area contributed by atoms with E-state index in [-0.39, 0.29) is 11.8 Å². The highest BCUT2D eigenvalue weighted by Gasteiger charge is 2.29. The number of para-hydroxylation sites is 2. The molecule has 0 bridgehead atoms. The van der Waals surface area contributed by atoms with E-state index in [0.29, 0.717) is 40.6 Å². The maximum atomic E-state index is 12.9. The number of hydrogen-bond acceptors (Lipinski definition) is 5. The summed E-state index contributed by atoms with van der Waals surface area (Å²) >= 11 is 12.3. The summed E-state index contributed by atoms with van der Waals surface area (Å²) in [7, 11) is 0. The SMILES string of the molecule is CCOc1nc2ccccc2nc1N1CCC[C@H](C(=O)Nc2cccc(Cl)c2Cl)C1. The van der Waals surface area contributed by atoms with Crippen molar-refractivity contribution in [3.05, 3.63) is 52.5 Å². The lowest BCUT2D eigenvalue weighted by atomic mass is 9.97. The molecule has 0 aliphatic carbocycles. The number of hydrogen-bond donors (Lipinski definition) is 1. The van der Waals surface area contributed by atoms with Crippen LogP contribution in [0.2, 0.25) is 10.0 Å². The van der Waals surface area contributed by atoms with Gasteiger partial charge in [0.25, 0.3) is 5.88 Å². The molecule has 0 spiro atoms. The van der Waals surface area contributed by atoms with Crippen LogP contribution in [0, 0.1) is 5.92 Å². The van der Waals surface area contributed by atoms with Crippen LogP contribution in [0.1, 0.15) is 19.8 Å².